The van der Waals surface area contributed by atoms with Gasteiger partial charge < -0.3 is 20.5 Å². The minimum absolute atomic E-state index is 0. The van der Waals surface area contributed by atoms with Crippen molar-refractivity contribution in [2.24, 2.45) is 17.8 Å². The van der Waals surface area contributed by atoms with Crippen molar-refractivity contribution in [2.75, 3.05) is 19.5 Å². The molecule has 7 nitrogen and oxygen atoms in total. The number of nitrogens with two attached hydrogens (primary N) is 1. The largest absolute Gasteiger partial charge is 0.497 e. The lowest BCUT2D eigenvalue weighted by Crippen LogP contribution is -2.23. The molecule has 0 radical (unpaired) electrons. The molecule has 1 aromatic carbocycles. The number of guanidine groups is 1. The number of aromatic nitrogens is 2. The molecule has 0 unspecified atom stereocenters. The van der Waals surface area contributed by atoms with Crippen molar-refractivity contribution in [3.63, 3.8) is 0 Å². The number of aryl methyl sites for hydroxylation is 2. The van der Waals surface area contributed by atoms with Gasteiger partial charge in [-0.1, -0.05) is 13.8 Å². The molecule has 2 aromatic rings. The number of hydrogen-bond acceptors (Lipinski definition) is 4. The smallest absolute Gasteiger partial charge is 0.193 e. The second kappa shape index (κ2) is 10.2. The fraction of sp³-hybridized carbons (Fsp3) is 0.444. The van der Waals surface area contributed by atoms with Crippen LogP contribution in [0, 0.1) is 0 Å². The zero-order valence-corrected chi connectivity index (χ0v) is 18.3. The summed E-state index contributed by atoms with van der Waals surface area (Å²) >= 11 is 0. The number of benzene rings is 1. The number of aliphatic imine (C=N–C) groups is 1. The molecule has 0 aliphatic heterocycles. The Morgan fingerprint density at radius 2 is 1.96 bits per heavy atom. The molecule has 144 valence electrons. The summed E-state index contributed by atoms with van der Waals surface area (Å²) in [4.78, 5) is 4.48. The van der Waals surface area contributed by atoms with E-state index in [1.807, 2.05) is 29.9 Å². The molecule has 8 heteroatoms. The third-order valence-corrected chi connectivity index (χ3v) is 4.10. The second-order valence-electron chi connectivity index (χ2n) is 5.60. The molecular formula is C18H28IN5O2. The first-order chi connectivity index (χ1) is 12.0. The van der Waals surface area contributed by atoms with Gasteiger partial charge in [0.25, 0.3) is 0 Å². The molecule has 0 bridgehead atoms. The van der Waals surface area contributed by atoms with Gasteiger partial charge in [-0.15, -0.1) is 24.0 Å². The molecule has 0 saturated heterocycles. The summed E-state index contributed by atoms with van der Waals surface area (Å²) in [5.41, 5.74) is 10.2. The highest BCUT2D eigenvalue weighted by Crippen LogP contribution is 2.28. The van der Waals surface area contributed by atoms with Gasteiger partial charge in [0.05, 0.1) is 32.1 Å². The number of hydrogen-bond donors (Lipinski definition) is 2. The van der Waals surface area contributed by atoms with Crippen LogP contribution in [0.2, 0.25) is 0 Å². The highest BCUT2D eigenvalue weighted by Gasteiger charge is 2.13. The number of anilines is 1. The predicted octanol–water partition coefficient (Wildman–Crippen LogP) is 3.11. The van der Waals surface area contributed by atoms with Crippen LogP contribution >= 0.6 is 24.0 Å². The van der Waals surface area contributed by atoms with E-state index in [9.17, 15) is 0 Å². The van der Waals surface area contributed by atoms with Gasteiger partial charge >= 0.3 is 0 Å². The van der Waals surface area contributed by atoms with Crippen LogP contribution in [0.25, 0.3) is 0 Å². The third kappa shape index (κ3) is 5.03. The van der Waals surface area contributed by atoms with Crippen molar-refractivity contribution in [2.45, 2.75) is 33.2 Å². The lowest BCUT2D eigenvalue weighted by atomic mass is 10.1. The molecule has 1 aromatic heterocycles. The molecule has 0 amide bonds. The fourth-order valence-corrected chi connectivity index (χ4v) is 2.83. The Morgan fingerprint density at radius 1 is 1.23 bits per heavy atom. The number of nitrogens with one attached hydrogen (secondary N) is 1. The summed E-state index contributed by atoms with van der Waals surface area (Å²) in [5.74, 6) is 1.70. The average Bonchev–Trinajstić information content (AvgIpc) is 2.94. The van der Waals surface area contributed by atoms with Crippen LogP contribution in [0.15, 0.2) is 23.2 Å². The summed E-state index contributed by atoms with van der Waals surface area (Å²) in [6.45, 7) is 4.70. The fourth-order valence-electron chi connectivity index (χ4n) is 2.83. The van der Waals surface area contributed by atoms with E-state index in [0.717, 1.165) is 24.1 Å². The van der Waals surface area contributed by atoms with Gasteiger partial charge in [-0.25, -0.2) is 4.99 Å². The molecule has 0 atom stereocenters. The van der Waals surface area contributed by atoms with E-state index in [2.05, 4.69) is 29.3 Å². The summed E-state index contributed by atoms with van der Waals surface area (Å²) < 4.78 is 12.5. The summed E-state index contributed by atoms with van der Waals surface area (Å²) in [5, 5.41) is 7.65. The number of rotatable bonds is 7. The zero-order chi connectivity index (χ0) is 18.4. The molecule has 26 heavy (non-hydrogen) atoms. The standard InChI is InChI=1S/C18H27N5O2.HI/c1-6-14-13(16(7-2)23(3)22-14)11-20-18(19)21-15-10-12(24-4)8-9-17(15)25-5;/h8-10H,6-7,11H2,1-5H3,(H3,19,20,21);1H. The highest BCUT2D eigenvalue weighted by molar-refractivity contribution is 14.0. The Hall–Kier alpha value is -1.97. The van der Waals surface area contributed by atoms with E-state index in [1.54, 1.807) is 14.2 Å². The lowest BCUT2D eigenvalue weighted by Gasteiger charge is -2.12. The summed E-state index contributed by atoms with van der Waals surface area (Å²) in [6.07, 6.45) is 1.78. The average molecular weight is 473 g/mol. The van der Waals surface area contributed by atoms with Gasteiger partial charge in [-0.2, -0.15) is 5.10 Å². The highest BCUT2D eigenvalue weighted by atomic mass is 127. The minimum Gasteiger partial charge on any atom is -0.497 e. The number of methoxy groups -OCH3 is 2. The van der Waals surface area contributed by atoms with Crippen molar-refractivity contribution in [3.05, 3.63) is 35.2 Å². The first-order valence-electron chi connectivity index (χ1n) is 8.36. The van der Waals surface area contributed by atoms with E-state index in [0.29, 0.717) is 29.7 Å². The molecule has 0 aliphatic rings. The van der Waals surface area contributed by atoms with E-state index in [1.165, 1.54) is 5.69 Å². The van der Waals surface area contributed by atoms with Crippen LogP contribution in [-0.2, 0) is 26.4 Å². The Balaban J connectivity index is 0.00000338. The van der Waals surface area contributed by atoms with E-state index < -0.39 is 0 Å². The minimum atomic E-state index is 0. The Morgan fingerprint density at radius 3 is 2.54 bits per heavy atom. The van der Waals surface area contributed by atoms with Crippen LogP contribution in [0.3, 0.4) is 0 Å². The SMILES string of the molecule is CCc1nn(C)c(CC)c1CN=C(N)Nc1cc(OC)ccc1OC.I. The molecule has 1 heterocycles. The zero-order valence-electron chi connectivity index (χ0n) is 16.0. The Kier molecular flexibility index (Phi) is 8.70. The maximum Gasteiger partial charge on any atom is 0.193 e. The van der Waals surface area contributed by atoms with Crippen LogP contribution in [0.5, 0.6) is 11.5 Å². The molecule has 0 aliphatic carbocycles. The van der Waals surface area contributed by atoms with Gasteiger partial charge in [-0.05, 0) is 25.0 Å². The first-order valence-corrected chi connectivity index (χ1v) is 8.36. The van der Waals surface area contributed by atoms with E-state index >= 15 is 0 Å². The second-order valence-corrected chi connectivity index (χ2v) is 5.60. The van der Waals surface area contributed by atoms with Crippen molar-refractivity contribution < 1.29 is 9.47 Å². The summed E-state index contributed by atoms with van der Waals surface area (Å²) in [7, 11) is 5.19. The normalized spacial score (nSPS) is 11.0. The summed E-state index contributed by atoms with van der Waals surface area (Å²) in [6, 6.07) is 5.47. The monoisotopic (exact) mass is 473 g/mol. The third-order valence-electron chi connectivity index (χ3n) is 4.10. The van der Waals surface area contributed by atoms with Crippen molar-refractivity contribution >= 4 is 35.6 Å². The lowest BCUT2D eigenvalue weighted by molar-refractivity contribution is 0.405. The first kappa shape index (κ1) is 22.1. The molecule has 3 N–H and O–H groups in total. The maximum absolute atomic E-state index is 6.07. The topological polar surface area (TPSA) is 86.7 Å². The number of halogens is 1. The van der Waals surface area contributed by atoms with Crippen molar-refractivity contribution in [1.29, 1.82) is 0 Å². The van der Waals surface area contributed by atoms with Gasteiger partial charge in [0.2, 0.25) is 0 Å². The van der Waals surface area contributed by atoms with Crippen LogP contribution in [0.1, 0.15) is 30.8 Å². The van der Waals surface area contributed by atoms with Gasteiger partial charge in [-0.3, -0.25) is 4.68 Å². The number of nitrogens with zero attached hydrogens (tertiary/aromatic N) is 3. The Bertz CT molecular complexity index is 758. The quantitative estimate of drug-likeness (QED) is 0.367. The molecular weight excluding hydrogens is 445 g/mol. The Labute approximate surface area is 172 Å². The van der Waals surface area contributed by atoms with Crippen LogP contribution in [0.4, 0.5) is 5.69 Å². The predicted molar refractivity (Wildman–Crippen MR) is 116 cm³/mol. The maximum atomic E-state index is 6.07. The van der Waals surface area contributed by atoms with Gasteiger partial charge in [0.1, 0.15) is 11.5 Å². The van der Waals surface area contributed by atoms with Crippen LogP contribution < -0.4 is 20.5 Å². The molecule has 0 saturated carbocycles. The number of ether oxygens (including phenoxy) is 2. The van der Waals surface area contributed by atoms with Crippen molar-refractivity contribution in [3.8, 4) is 11.5 Å². The van der Waals surface area contributed by atoms with Crippen molar-refractivity contribution in [1.82, 2.24) is 9.78 Å². The molecule has 2 rings (SSSR count). The van der Waals surface area contributed by atoms with Crippen LogP contribution in [-0.4, -0.2) is 30.0 Å². The molecule has 0 fully saturated rings. The van der Waals surface area contributed by atoms with Gasteiger partial charge in [0.15, 0.2) is 5.96 Å². The van der Waals surface area contributed by atoms with Gasteiger partial charge in [0, 0.05) is 24.4 Å². The van der Waals surface area contributed by atoms with E-state index in [4.69, 9.17) is 15.2 Å². The molecule has 0 spiro atoms. The van der Waals surface area contributed by atoms with E-state index in [-0.39, 0.29) is 24.0 Å².